The van der Waals surface area contributed by atoms with Crippen molar-refractivity contribution in [3.63, 3.8) is 0 Å². The van der Waals surface area contributed by atoms with Crippen LogP contribution in [0.1, 0.15) is 32.6 Å². The third-order valence-electron chi connectivity index (χ3n) is 4.73. The molecular formula is C12H23ClN2. The fourth-order valence-electron chi connectivity index (χ4n) is 3.91. The molecule has 2 heterocycles. The van der Waals surface area contributed by atoms with Gasteiger partial charge >= 0.3 is 0 Å². The Balaban J connectivity index is 0.000000853. The van der Waals surface area contributed by atoms with Gasteiger partial charge in [-0.1, -0.05) is 13.3 Å². The molecule has 1 N–H and O–H groups in total. The van der Waals surface area contributed by atoms with E-state index in [0.29, 0.717) is 0 Å². The van der Waals surface area contributed by atoms with Crippen LogP contribution in [0.3, 0.4) is 0 Å². The van der Waals surface area contributed by atoms with Crippen molar-refractivity contribution in [1.82, 2.24) is 10.2 Å². The summed E-state index contributed by atoms with van der Waals surface area (Å²) in [5.74, 6) is 1.93. The molecule has 2 saturated heterocycles. The summed E-state index contributed by atoms with van der Waals surface area (Å²) in [6, 6.07) is 1.81. The molecule has 15 heavy (non-hydrogen) atoms. The topological polar surface area (TPSA) is 15.3 Å². The Hall–Kier alpha value is 0.210. The van der Waals surface area contributed by atoms with Crippen LogP contribution in [0.25, 0.3) is 0 Å². The number of nitrogens with zero attached hydrogens (tertiary/aromatic N) is 1. The Kier molecular flexibility index (Phi) is 3.59. The lowest BCUT2D eigenvalue weighted by atomic mass is 10.0. The number of likely N-dealkylation sites (tertiary alicyclic amines) is 1. The zero-order valence-electron chi connectivity index (χ0n) is 9.61. The lowest BCUT2D eigenvalue weighted by Gasteiger charge is -2.32. The molecule has 1 aliphatic carbocycles. The molecule has 88 valence electrons. The average Bonchev–Trinajstić information content (AvgIpc) is 2.78. The molecule has 0 radical (unpaired) electrons. The minimum absolute atomic E-state index is 0. The monoisotopic (exact) mass is 230 g/mol. The maximum absolute atomic E-state index is 3.55. The third kappa shape index (κ3) is 1.92. The van der Waals surface area contributed by atoms with Crippen molar-refractivity contribution >= 4 is 12.4 Å². The van der Waals surface area contributed by atoms with Crippen LogP contribution in [0.15, 0.2) is 0 Å². The van der Waals surface area contributed by atoms with Crippen LogP contribution in [-0.4, -0.2) is 36.6 Å². The summed E-state index contributed by atoms with van der Waals surface area (Å²) in [6.07, 6.45) is 5.84. The summed E-state index contributed by atoms with van der Waals surface area (Å²) in [5.41, 5.74) is 0. The first-order valence-corrected chi connectivity index (χ1v) is 6.32. The fraction of sp³-hybridized carbons (Fsp3) is 1.00. The summed E-state index contributed by atoms with van der Waals surface area (Å²) < 4.78 is 0. The van der Waals surface area contributed by atoms with E-state index in [2.05, 4.69) is 17.1 Å². The van der Waals surface area contributed by atoms with E-state index in [1.54, 1.807) is 0 Å². The van der Waals surface area contributed by atoms with E-state index in [9.17, 15) is 0 Å². The quantitative estimate of drug-likeness (QED) is 0.740. The van der Waals surface area contributed by atoms with Crippen molar-refractivity contribution in [1.29, 1.82) is 0 Å². The predicted molar refractivity (Wildman–Crippen MR) is 65.5 cm³/mol. The maximum atomic E-state index is 3.55. The lowest BCUT2D eigenvalue weighted by molar-refractivity contribution is 0.151. The SMILES string of the molecule is CC1CCCC1N1CC[C@H]2CNC[C@H]21.Cl. The van der Waals surface area contributed by atoms with Gasteiger partial charge in [-0.3, -0.25) is 4.90 Å². The van der Waals surface area contributed by atoms with E-state index < -0.39 is 0 Å². The number of halogens is 1. The largest absolute Gasteiger partial charge is 0.315 e. The minimum Gasteiger partial charge on any atom is -0.315 e. The van der Waals surface area contributed by atoms with Gasteiger partial charge in [0.25, 0.3) is 0 Å². The van der Waals surface area contributed by atoms with Crippen LogP contribution in [0, 0.1) is 11.8 Å². The molecule has 0 bridgehead atoms. The van der Waals surface area contributed by atoms with Crippen molar-refractivity contribution in [2.45, 2.75) is 44.7 Å². The van der Waals surface area contributed by atoms with Crippen LogP contribution in [0.4, 0.5) is 0 Å². The second-order valence-electron chi connectivity index (χ2n) is 5.49. The van der Waals surface area contributed by atoms with Crippen molar-refractivity contribution < 1.29 is 0 Å². The van der Waals surface area contributed by atoms with Gasteiger partial charge in [-0.15, -0.1) is 12.4 Å². The van der Waals surface area contributed by atoms with Crippen LogP contribution >= 0.6 is 12.4 Å². The number of hydrogen-bond donors (Lipinski definition) is 1. The van der Waals surface area contributed by atoms with E-state index in [0.717, 1.165) is 23.9 Å². The van der Waals surface area contributed by atoms with Gasteiger partial charge < -0.3 is 5.32 Å². The number of nitrogens with one attached hydrogen (secondary N) is 1. The first kappa shape index (κ1) is 11.7. The molecule has 1 saturated carbocycles. The third-order valence-corrected chi connectivity index (χ3v) is 4.73. The molecule has 4 atom stereocenters. The van der Waals surface area contributed by atoms with Gasteiger partial charge in [0.2, 0.25) is 0 Å². The first-order chi connectivity index (χ1) is 6.86. The van der Waals surface area contributed by atoms with E-state index in [1.165, 1.54) is 45.3 Å². The first-order valence-electron chi connectivity index (χ1n) is 6.32. The molecule has 3 rings (SSSR count). The molecule has 0 amide bonds. The average molecular weight is 231 g/mol. The standard InChI is InChI=1S/C12H22N2.ClH/c1-9-3-2-4-11(9)14-6-5-10-7-13-8-12(10)14;/h9-13H,2-8H2,1H3;1H/t9?,10-,11?,12+;/m0./s1. The highest BCUT2D eigenvalue weighted by molar-refractivity contribution is 5.85. The van der Waals surface area contributed by atoms with E-state index in [1.807, 2.05) is 0 Å². The molecule has 2 aliphatic heterocycles. The molecule has 2 nitrogen and oxygen atoms in total. The zero-order valence-corrected chi connectivity index (χ0v) is 10.4. The Morgan fingerprint density at radius 1 is 1.07 bits per heavy atom. The molecule has 3 aliphatic rings. The van der Waals surface area contributed by atoms with Crippen molar-refractivity contribution in [2.75, 3.05) is 19.6 Å². The fourth-order valence-corrected chi connectivity index (χ4v) is 3.91. The maximum Gasteiger partial charge on any atom is 0.0264 e. The summed E-state index contributed by atoms with van der Waals surface area (Å²) >= 11 is 0. The van der Waals surface area contributed by atoms with E-state index >= 15 is 0 Å². The second-order valence-corrected chi connectivity index (χ2v) is 5.49. The minimum atomic E-state index is 0. The molecule has 0 aromatic rings. The lowest BCUT2D eigenvalue weighted by Crippen LogP contribution is -2.43. The molecule has 3 fully saturated rings. The number of fused-ring (bicyclic) bond motifs is 1. The summed E-state index contributed by atoms with van der Waals surface area (Å²) in [5, 5.41) is 3.55. The van der Waals surface area contributed by atoms with Gasteiger partial charge in [0.05, 0.1) is 0 Å². The molecular weight excluding hydrogens is 208 g/mol. The van der Waals surface area contributed by atoms with Gasteiger partial charge in [-0.05, 0) is 44.2 Å². The Morgan fingerprint density at radius 2 is 1.93 bits per heavy atom. The van der Waals surface area contributed by atoms with Gasteiger partial charge in [0.1, 0.15) is 0 Å². The predicted octanol–water partition coefficient (Wildman–Crippen LogP) is 1.89. The van der Waals surface area contributed by atoms with Crippen LogP contribution in [0.2, 0.25) is 0 Å². The number of rotatable bonds is 1. The number of hydrogen-bond acceptors (Lipinski definition) is 2. The smallest absolute Gasteiger partial charge is 0.0264 e. The highest BCUT2D eigenvalue weighted by Crippen LogP contribution is 2.37. The highest BCUT2D eigenvalue weighted by Gasteiger charge is 2.42. The summed E-state index contributed by atoms with van der Waals surface area (Å²) in [4.78, 5) is 2.84. The molecule has 0 aromatic heterocycles. The van der Waals surface area contributed by atoms with Gasteiger partial charge in [-0.2, -0.15) is 0 Å². The van der Waals surface area contributed by atoms with Crippen molar-refractivity contribution in [3.05, 3.63) is 0 Å². The van der Waals surface area contributed by atoms with Crippen LogP contribution in [0.5, 0.6) is 0 Å². The second kappa shape index (κ2) is 4.60. The van der Waals surface area contributed by atoms with Crippen molar-refractivity contribution in [2.24, 2.45) is 11.8 Å². The molecule has 3 heteroatoms. The van der Waals surface area contributed by atoms with Crippen LogP contribution < -0.4 is 5.32 Å². The summed E-state index contributed by atoms with van der Waals surface area (Å²) in [6.45, 7) is 6.37. The highest BCUT2D eigenvalue weighted by atomic mass is 35.5. The molecule has 2 unspecified atom stereocenters. The van der Waals surface area contributed by atoms with Crippen molar-refractivity contribution in [3.8, 4) is 0 Å². The van der Waals surface area contributed by atoms with E-state index in [4.69, 9.17) is 0 Å². The Morgan fingerprint density at radius 3 is 2.67 bits per heavy atom. The normalized spacial score (nSPS) is 45.4. The van der Waals surface area contributed by atoms with Crippen LogP contribution in [-0.2, 0) is 0 Å². The Bertz CT molecular complexity index is 222. The zero-order chi connectivity index (χ0) is 9.54. The molecule has 0 spiro atoms. The van der Waals surface area contributed by atoms with Gasteiger partial charge in [-0.25, -0.2) is 0 Å². The van der Waals surface area contributed by atoms with Gasteiger partial charge in [0, 0.05) is 18.6 Å². The Labute approximate surface area is 99.2 Å². The van der Waals surface area contributed by atoms with Gasteiger partial charge in [0.15, 0.2) is 0 Å². The molecule has 0 aromatic carbocycles. The van der Waals surface area contributed by atoms with E-state index in [-0.39, 0.29) is 12.4 Å². The summed E-state index contributed by atoms with van der Waals surface area (Å²) in [7, 11) is 0.